The first-order valence-electron chi connectivity index (χ1n) is 8.28. The first-order valence-corrected chi connectivity index (χ1v) is 8.28. The fourth-order valence-corrected chi connectivity index (χ4v) is 3.78. The summed E-state index contributed by atoms with van der Waals surface area (Å²) >= 11 is 0. The largest absolute Gasteiger partial charge is 0.481 e. The maximum Gasteiger partial charge on any atom is 0.317 e. The Bertz CT molecular complexity index is 382. The monoisotopic (exact) mass is 296 g/mol. The van der Waals surface area contributed by atoms with Gasteiger partial charge in [0.1, 0.15) is 0 Å². The van der Waals surface area contributed by atoms with Crippen molar-refractivity contribution in [2.75, 3.05) is 13.1 Å². The fourth-order valence-electron chi connectivity index (χ4n) is 3.78. The molecule has 1 saturated heterocycles. The molecule has 0 aromatic carbocycles. The van der Waals surface area contributed by atoms with Crippen LogP contribution in [0.3, 0.4) is 0 Å². The molecule has 2 fully saturated rings. The van der Waals surface area contributed by atoms with E-state index in [2.05, 4.69) is 5.32 Å². The molecule has 5 heteroatoms. The van der Waals surface area contributed by atoms with Crippen molar-refractivity contribution in [2.45, 2.75) is 58.4 Å². The average Bonchev–Trinajstić information content (AvgIpc) is 2.46. The van der Waals surface area contributed by atoms with Crippen LogP contribution in [0.2, 0.25) is 0 Å². The summed E-state index contributed by atoms with van der Waals surface area (Å²) in [5.74, 6) is -0.675. The van der Waals surface area contributed by atoms with E-state index in [1.165, 1.54) is 25.7 Å². The molecule has 21 heavy (non-hydrogen) atoms. The molecule has 2 N–H and O–H groups in total. The quantitative estimate of drug-likeness (QED) is 0.838. The number of urea groups is 1. The number of amides is 2. The van der Waals surface area contributed by atoms with Gasteiger partial charge in [-0.15, -0.1) is 0 Å². The van der Waals surface area contributed by atoms with Gasteiger partial charge in [0, 0.05) is 19.1 Å². The molecule has 0 radical (unpaired) electrons. The molecule has 0 spiro atoms. The van der Waals surface area contributed by atoms with Crippen LogP contribution in [0.1, 0.15) is 52.4 Å². The number of carbonyl (C=O) groups is 2. The van der Waals surface area contributed by atoms with E-state index in [1.807, 2.05) is 18.7 Å². The molecule has 3 atom stereocenters. The zero-order valence-electron chi connectivity index (χ0n) is 13.2. The maximum atomic E-state index is 12.4. The highest BCUT2D eigenvalue weighted by Crippen LogP contribution is 2.35. The van der Waals surface area contributed by atoms with E-state index in [4.69, 9.17) is 0 Å². The smallest absolute Gasteiger partial charge is 0.317 e. The third-order valence-corrected chi connectivity index (χ3v) is 5.10. The first-order chi connectivity index (χ1) is 10.0. The zero-order chi connectivity index (χ0) is 15.4. The highest BCUT2D eigenvalue weighted by atomic mass is 16.4. The predicted molar refractivity (Wildman–Crippen MR) is 81.0 cm³/mol. The molecular weight excluding hydrogens is 268 g/mol. The molecule has 0 aromatic rings. The van der Waals surface area contributed by atoms with E-state index in [0.29, 0.717) is 12.0 Å². The summed E-state index contributed by atoms with van der Waals surface area (Å²) < 4.78 is 0. The Hall–Kier alpha value is -1.26. The van der Waals surface area contributed by atoms with Crippen molar-refractivity contribution < 1.29 is 14.7 Å². The van der Waals surface area contributed by atoms with Crippen molar-refractivity contribution in [1.82, 2.24) is 10.2 Å². The van der Waals surface area contributed by atoms with E-state index >= 15 is 0 Å². The van der Waals surface area contributed by atoms with Gasteiger partial charge in [-0.2, -0.15) is 0 Å². The van der Waals surface area contributed by atoms with E-state index in [1.54, 1.807) is 0 Å². The number of carboxylic acids is 1. The maximum absolute atomic E-state index is 12.4. The highest BCUT2D eigenvalue weighted by Gasteiger charge is 2.36. The molecule has 5 nitrogen and oxygen atoms in total. The van der Waals surface area contributed by atoms with Gasteiger partial charge >= 0.3 is 12.0 Å². The lowest BCUT2D eigenvalue weighted by Crippen LogP contribution is -2.54. The van der Waals surface area contributed by atoms with Crippen LogP contribution in [0.5, 0.6) is 0 Å². The van der Waals surface area contributed by atoms with Gasteiger partial charge < -0.3 is 15.3 Å². The van der Waals surface area contributed by atoms with E-state index in [9.17, 15) is 14.7 Å². The third kappa shape index (κ3) is 3.89. The van der Waals surface area contributed by atoms with Crippen LogP contribution in [-0.2, 0) is 4.79 Å². The second-order valence-electron chi connectivity index (χ2n) is 6.82. The Balaban J connectivity index is 1.91. The Kier molecular flexibility index (Phi) is 5.48. The lowest BCUT2D eigenvalue weighted by atomic mass is 9.78. The SMILES string of the molecule is CC(C)C(CNC(=O)N1CCC[C@H]2CCCC[C@H]21)C(=O)O. The van der Waals surface area contributed by atoms with Crippen LogP contribution in [0.15, 0.2) is 0 Å². The van der Waals surface area contributed by atoms with Crippen molar-refractivity contribution in [3.63, 3.8) is 0 Å². The van der Waals surface area contributed by atoms with Crippen molar-refractivity contribution in [3.05, 3.63) is 0 Å². The number of likely N-dealkylation sites (tertiary alicyclic amines) is 1. The van der Waals surface area contributed by atoms with Gasteiger partial charge in [-0.25, -0.2) is 4.79 Å². The number of nitrogens with one attached hydrogen (secondary N) is 1. The molecule has 1 unspecified atom stereocenters. The van der Waals surface area contributed by atoms with Crippen molar-refractivity contribution >= 4 is 12.0 Å². The van der Waals surface area contributed by atoms with Gasteiger partial charge in [0.2, 0.25) is 0 Å². The molecule has 1 heterocycles. The van der Waals surface area contributed by atoms with Crippen LogP contribution in [0.4, 0.5) is 4.79 Å². The lowest BCUT2D eigenvalue weighted by molar-refractivity contribution is -0.142. The Morgan fingerprint density at radius 1 is 1.19 bits per heavy atom. The molecule has 2 amide bonds. The zero-order valence-corrected chi connectivity index (χ0v) is 13.2. The van der Waals surface area contributed by atoms with Crippen LogP contribution in [-0.4, -0.2) is 41.1 Å². The molecule has 1 aliphatic heterocycles. The predicted octanol–water partition coefficient (Wildman–Crippen LogP) is 2.71. The Morgan fingerprint density at radius 3 is 2.52 bits per heavy atom. The number of piperidine rings is 1. The van der Waals surface area contributed by atoms with Crippen molar-refractivity contribution in [3.8, 4) is 0 Å². The molecule has 2 aliphatic rings. The number of carboxylic acid groups (broad SMARTS) is 1. The number of aliphatic carboxylic acids is 1. The number of fused-ring (bicyclic) bond motifs is 1. The normalized spacial score (nSPS) is 27.1. The molecular formula is C16H28N2O3. The molecule has 0 bridgehead atoms. The van der Waals surface area contributed by atoms with Gasteiger partial charge in [0.05, 0.1) is 5.92 Å². The summed E-state index contributed by atoms with van der Waals surface area (Å²) in [6.07, 6.45) is 7.13. The highest BCUT2D eigenvalue weighted by molar-refractivity contribution is 5.76. The number of rotatable bonds is 4. The number of hydrogen-bond donors (Lipinski definition) is 2. The summed E-state index contributed by atoms with van der Waals surface area (Å²) in [4.78, 5) is 25.6. The van der Waals surface area contributed by atoms with Gasteiger partial charge in [0.25, 0.3) is 0 Å². The van der Waals surface area contributed by atoms with E-state index in [0.717, 1.165) is 19.4 Å². The van der Waals surface area contributed by atoms with Crippen LogP contribution in [0.25, 0.3) is 0 Å². The van der Waals surface area contributed by atoms with Crippen molar-refractivity contribution in [1.29, 1.82) is 0 Å². The van der Waals surface area contributed by atoms with E-state index < -0.39 is 11.9 Å². The van der Waals surface area contributed by atoms with Crippen LogP contribution in [0, 0.1) is 17.8 Å². The molecule has 1 saturated carbocycles. The molecule has 1 aliphatic carbocycles. The van der Waals surface area contributed by atoms with Crippen LogP contribution >= 0.6 is 0 Å². The second-order valence-corrected chi connectivity index (χ2v) is 6.82. The third-order valence-electron chi connectivity index (χ3n) is 5.10. The fraction of sp³-hybridized carbons (Fsp3) is 0.875. The lowest BCUT2D eigenvalue weighted by Gasteiger charge is -2.44. The van der Waals surface area contributed by atoms with Gasteiger partial charge in [-0.1, -0.05) is 26.7 Å². The minimum Gasteiger partial charge on any atom is -0.481 e. The Labute approximate surface area is 127 Å². The molecule has 2 rings (SSSR count). The summed E-state index contributed by atoms with van der Waals surface area (Å²) in [6, 6.07) is 0.299. The van der Waals surface area contributed by atoms with Crippen LogP contribution < -0.4 is 5.32 Å². The van der Waals surface area contributed by atoms with Gasteiger partial charge in [-0.05, 0) is 37.5 Å². The van der Waals surface area contributed by atoms with E-state index in [-0.39, 0.29) is 18.5 Å². The number of nitrogens with zero attached hydrogens (tertiary/aromatic N) is 1. The minimum absolute atomic E-state index is 0.0200. The second kappa shape index (κ2) is 7.14. The Morgan fingerprint density at radius 2 is 1.86 bits per heavy atom. The number of hydrogen-bond acceptors (Lipinski definition) is 2. The first kappa shape index (κ1) is 16.1. The summed E-state index contributed by atoms with van der Waals surface area (Å²) in [6.45, 7) is 4.79. The summed E-state index contributed by atoms with van der Waals surface area (Å²) in [5.41, 5.74) is 0. The van der Waals surface area contributed by atoms with Gasteiger partial charge in [-0.3, -0.25) is 4.79 Å². The summed E-state index contributed by atoms with van der Waals surface area (Å²) in [5, 5.41) is 12.0. The average molecular weight is 296 g/mol. The standard InChI is InChI=1S/C16H28N2O3/c1-11(2)13(15(19)20)10-17-16(21)18-9-5-7-12-6-3-4-8-14(12)18/h11-14H,3-10H2,1-2H3,(H,17,21)(H,19,20)/t12-,13?,14-/m1/s1. The van der Waals surface area contributed by atoms with Crippen molar-refractivity contribution in [2.24, 2.45) is 17.8 Å². The topological polar surface area (TPSA) is 69.6 Å². The molecule has 0 aromatic heterocycles. The number of carbonyl (C=O) groups excluding carboxylic acids is 1. The molecule has 120 valence electrons. The summed E-state index contributed by atoms with van der Waals surface area (Å²) in [7, 11) is 0. The minimum atomic E-state index is -0.834. The van der Waals surface area contributed by atoms with Gasteiger partial charge in [0.15, 0.2) is 0 Å².